The molecule has 1 saturated heterocycles. The van der Waals surface area contributed by atoms with E-state index in [1.807, 2.05) is 13.8 Å². The van der Waals surface area contributed by atoms with Crippen molar-refractivity contribution in [1.82, 2.24) is 0 Å². The van der Waals surface area contributed by atoms with Gasteiger partial charge in [0, 0.05) is 17.8 Å². The maximum atomic E-state index is 13.2. The summed E-state index contributed by atoms with van der Waals surface area (Å²) in [6, 6.07) is 0. The van der Waals surface area contributed by atoms with Crippen LogP contribution in [-0.2, 0) is 9.53 Å². The normalized spacial score (nSPS) is 54.6. The van der Waals surface area contributed by atoms with E-state index in [1.165, 1.54) is 6.92 Å². The van der Waals surface area contributed by atoms with E-state index in [0.29, 0.717) is 12.8 Å². The maximum Gasteiger partial charge on any atom is 0.170 e. The van der Waals surface area contributed by atoms with Crippen LogP contribution in [0.5, 0.6) is 0 Å². The second-order valence-electron chi connectivity index (χ2n) is 10.0. The highest BCUT2D eigenvalue weighted by Gasteiger charge is 2.80. The lowest BCUT2D eigenvalue weighted by Gasteiger charge is -2.71. The second kappa shape index (κ2) is 5.04. The molecule has 0 spiro atoms. The first-order valence-corrected chi connectivity index (χ1v) is 9.15. The number of rotatable bonds is 0. The quantitative estimate of drug-likeness (QED) is 0.511. The van der Waals surface area contributed by atoms with Crippen molar-refractivity contribution in [3.8, 4) is 0 Å². The molecule has 0 amide bonds. The molecule has 7 atom stereocenters. The van der Waals surface area contributed by atoms with Gasteiger partial charge in [-0.1, -0.05) is 20.8 Å². The van der Waals surface area contributed by atoms with Crippen molar-refractivity contribution in [3.63, 3.8) is 0 Å². The Bertz CT molecular complexity index is 601. The van der Waals surface area contributed by atoms with Gasteiger partial charge in [0.2, 0.25) is 0 Å². The lowest BCUT2D eigenvalue weighted by Crippen LogP contribution is -2.86. The second-order valence-corrected chi connectivity index (χ2v) is 10.0. The van der Waals surface area contributed by atoms with Gasteiger partial charge in [-0.05, 0) is 39.0 Å². The van der Waals surface area contributed by atoms with E-state index < -0.39 is 57.6 Å². The SMILES string of the molecule is CC1(C)CC(=O)[C@]2(O)[C@@]3(C)[C@@H](O)CCC(C)(C)[C@@H]3[C@H](O)[C@H](O)[C@@]2(C)O1. The lowest BCUT2D eigenvalue weighted by atomic mass is 9.40. The average molecular weight is 356 g/mol. The van der Waals surface area contributed by atoms with Crippen molar-refractivity contribution < 1.29 is 30.0 Å². The zero-order valence-electron chi connectivity index (χ0n) is 16.0. The maximum absolute atomic E-state index is 13.2. The number of hydrogen-bond acceptors (Lipinski definition) is 6. The molecule has 0 bridgehead atoms. The molecule has 0 aromatic heterocycles. The topological polar surface area (TPSA) is 107 Å². The minimum absolute atomic E-state index is 0.0165. The third kappa shape index (κ3) is 2.06. The molecule has 6 nitrogen and oxygen atoms in total. The predicted molar refractivity (Wildman–Crippen MR) is 90.8 cm³/mol. The Morgan fingerprint density at radius 3 is 2.16 bits per heavy atom. The molecule has 0 aromatic rings. The molecule has 2 saturated carbocycles. The molecule has 0 radical (unpaired) electrons. The van der Waals surface area contributed by atoms with E-state index in [0.717, 1.165) is 0 Å². The molecule has 3 aliphatic rings. The molecule has 6 heteroatoms. The van der Waals surface area contributed by atoms with E-state index >= 15 is 0 Å². The number of hydrogen-bond donors (Lipinski definition) is 4. The number of carbonyl (C=O) groups is 1. The van der Waals surface area contributed by atoms with Crippen LogP contribution in [0.2, 0.25) is 0 Å². The summed E-state index contributed by atoms with van der Waals surface area (Å²) in [7, 11) is 0. The fourth-order valence-corrected chi connectivity index (χ4v) is 6.36. The van der Waals surface area contributed by atoms with Crippen LogP contribution in [-0.4, -0.2) is 61.3 Å². The summed E-state index contributed by atoms with van der Waals surface area (Å²) in [5, 5.41) is 44.6. The number of fused-ring (bicyclic) bond motifs is 3. The highest BCUT2D eigenvalue weighted by atomic mass is 16.6. The summed E-state index contributed by atoms with van der Waals surface area (Å²) in [6.07, 6.45) is -2.61. The first-order valence-electron chi connectivity index (χ1n) is 9.15. The fraction of sp³-hybridized carbons (Fsp3) is 0.947. The highest BCUT2D eigenvalue weighted by molar-refractivity contribution is 5.92. The number of Topliss-reactive ketones (excluding diaryl/α,β-unsaturated/α-hetero) is 1. The largest absolute Gasteiger partial charge is 0.392 e. The van der Waals surface area contributed by atoms with Crippen LogP contribution in [0.25, 0.3) is 0 Å². The predicted octanol–water partition coefficient (Wildman–Crippen LogP) is 0.783. The van der Waals surface area contributed by atoms with E-state index in [2.05, 4.69) is 0 Å². The van der Waals surface area contributed by atoms with Crippen molar-refractivity contribution >= 4 is 5.78 Å². The number of aliphatic hydroxyl groups is 4. The van der Waals surface area contributed by atoms with Gasteiger partial charge in [-0.15, -0.1) is 0 Å². The number of carbonyl (C=O) groups excluding carboxylic acids is 1. The van der Waals surface area contributed by atoms with Gasteiger partial charge in [-0.25, -0.2) is 0 Å². The third-order valence-corrected chi connectivity index (χ3v) is 7.45. The fourth-order valence-electron chi connectivity index (χ4n) is 6.36. The van der Waals surface area contributed by atoms with Crippen LogP contribution in [0.3, 0.4) is 0 Å². The number of aliphatic hydroxyl groups excluding tert-OH is 3. The zero-order valence-corrected chi connectivity index (χ0v) is 16.0. The van der Waals surface area contributed by atoms with Crippen molar-refractivity contribution in [2.75, 3.05) is 0 Å². The van der Waals surface area contributed by atoms with Crippen molar-refractivity contribution in [3.05, 3.63) is 0 Å². The van der Waals surface area contributed by atoms with Crippen LogP contribution in [0.4, 0.5) is 0 Å². The number of ether oxygens (including phenoxy) is 1. The first-order chi connectivity index (χ1) is 11.2. The monoisotopic (exact) mass is 356 g/mol. The zero-order chi connectivity index (χ0) is 19.2. The Balaban J connectivity index is 2.29. The van der Waals surface area contributed by atoms with Gasteiger partial charge in [0.1, 0.15) is 11.7 Å². The Labute approximate surface area is 149 Å². The Morgan fingerprint density at radius 1 is 1.04 bits per heavy atom. The molecule has 3 fully saturated rings. The van der Waals surface area contributed by atoms with Gasteiger partial charge in [0.15, 0.2) is 11.4 Å². The Hall–Kier alpha value is -0.530. The van der Waals surface area contributed by atoms with Gasteiger partial charge in [0.25, 0.3) is 0 Å². The van der Waals surface area contributed by atoms with E-state index in [9.17, 15) is 25.2 Å². The summed E-state index contributed by atoms with van der Waals surface area (Å²) in [5.74, 6) is -1.09. The van der Waals surface area contributed by atoms with Crippen LogP contribution in [0.15, 0.2) is 0 Å². The van der Waals surface area contributed by atoms with Crippen molar-refractivity contribution in [1.29, 1.82) is 0 Å². The average Bonchev–Trinajstić information content (AvgIpc) is 2.45. The lowest BCUT2D eigenvalue weighted by molar-refractivity contribution is -0.373. The van der Waals surface area contributed by atoms with E-state index in [1.54, 1.807) is 20.8 Å². The van der Waals surface area contributed by atoms with Crippen LogP contribution >= 0.6 is 0 Å². The third-order valence-electron chi connectivity index (χ3n) is 7.45. The van der Waals surface area contributed by atoms with Gasteiger partial charge >= 0.3 is 0 Å². The molecule has 1 heterocycles. The summed E-state index contributed by atoms with van der Waals surface area (Å²) in [6.45, 7) is 10.5. The summed E-state index contributed by atoms with van der Waals surface area (Å²) < 4.78 is 6.06. The number of ketones is 1. The molecular formula is C19H32O6. The Kier molecular flexibility index (Phi) is 3.88. The van der Waals surface area contributed by atoms with Gasteiger partial charge in [-0.2, -0.15) is 0 Å². The molecule has 3 rings (SSSR count). The summed E-state index contributed by atoms with van der Waals surface area (Å²) in [4.78, 5) is 13.2. The van der Waals surface area contributed by atoms with Crippen LogP contribution < -0.4 is 0 Å². The van der Waals surface area contributed by atoms with Gasteiger partial charge in [0.05, 0.1) is 17.8 Å². The van der Waals surface area contributed by atoms with E-state index in [-0.39, 0.29) is 6.42 Å². The minimum Gasteiger partial charge on any atom is -0.392 e. The van der Waals surface area contributed by atoms with Crippen LogP contribution in [0, 0.1) is 16.7 Å². The molecule has 2 aliphatic carbocycles. The molecule has 144 valence electrons. The van der Waals surface area contributed by atoms with Gasteiger partial charge < -0.3 is 25.2 Å². The van der Waals surface area contributed by atoms with Gasteiger partial charge in [-0.3, -0.25) is 4.79 Å². The molecule has 25 heavy (non-hydrogen) atoms. The summed E-state index contributed by atoms with van der Waals surface area (Å²) in [5.41, 5.74) is -6.45. The summed E-state index contributed by atoms with van der Waals surface area (Å²) >= 11 is 0. The smallest absolute Gasteiger partial charge is 0.170 e. The van der Waals surface area contributed by atoms with Crippen molar-refractivity contribution in [2.45, 2.75) is 95.9 Å². The van der Waals surface area contributed by atoms with Crippen molar-refractivity contribution in [2.24, 2.45) is 16.7 Å². The van der Waals surface area contributed by atoms with E-state index in [4.69, 9.17) is 4.74 Å². The first kappa shape index (κ1) is 19.2. The Morgan fingerprint density at radius 2 is 1.60 bits per heavy atom. The highest BCUT2D eigenvalue weighted by Crippen LogP contribution is 2.66. The minimum atomic E-state index is -2.09. The molecule has 1 aliphatic heterocycles. The molecule has 4 N–H and O–H groups in total. The standard InChI is InChI=1S/C19H32O6/c1-15(2)8-7-10(20)17(5)13(15)12(22)14(23)18(6)19(17,24)11(21)9-16(3,4)25-18/h10,12-14,20,22-24H,7-9H2,1-6H3/t10-,12-,13-,14-,17-,18+,19-/m0/s1. The van der Waals surface area contributed by atoms with Crippen LogP contribution in [0.1, 0.15) is 60.8 Å². The molecular weight excluding hydrogens is 324 g/mol. The molecule has 0 unspecified atom stereocenters. The molecule has 0 aromatic carbocycles.